The van der Waals surface area contributed by atoms with Crippen molar-refractivity contribution in [3.8, 4) is 0 Å². The highest BCUT2D eigenvalue weighted by molar-refractivity contribution is 9.10. The van der Waals surface area contributed by atoms with E-state index in [1.165, 1.54) is 0 Å². The van der Waals surface area contributed by atoms with E-state index in [0.717, 1.165) is 15.1 Å². The van der Waals surface area contributed by atoms with Crippen LogP contribution in [0.1, 0.15) is 32.8 Å². The Morgan fingerprint density at radius 1 is 1.12 bits per heavy atom. The Kier molecular flexibility index (Phi) is 4.71. The quantitative estimate of drug-likeness (QED) is 0.797. The molecule has 1 aromatic heterocycles. The highest BCUT2D eigenvalue weighted by atomic mass is 79.9. The third-order valence-electron chi connectivity index (χ3n) is 3.69. The molecule has 0 saturated heterocycles. The Hall–Kier alpha value is -2.54. The van der Waals surface area contributed by atoms with Crippen LogP contribution in [0.3, 0.4) is 0 Å². The van der Waals surface area contributed by atoms with Gasteiger partial charge < -0.3 is 5.32 Å². The summed E-state index contributed by atoms with van der Waals surface area (Å²) in [5, 5.41) is 2.72. The Morgan fingerprint density at radius 3 is 2.67 bits per heavy atom. The largest absolute Gasteiger partial charge is 0.350 e. The van der Waals surface area contributed by atoms with Crippen molar-refractivity contribution >= 4 is 33.7 Å². The topological polar surface area (TPSA) is 79.4 Å². The first kappa shape index (κ1) is 16.3. The fraction of sp³-hybridized carbons (Fsp3) is 0.176. The number of hydrogen-bond donors (Lipinski definition) is 1. The van der Waals surface area contributed by atoms with Crippen molar-refractivity contribution in [1.82, 2.24) is 15.2 Å². The third-order valence-corrected chi connectivity index (χ3v) is 4.18. The van der Waals surface area contributed by atoms with Crippen molar-refractivity contribution < 1.29 is 14.4 Å². The van der Waals surface area contributed by atoms with Crippen LogP contribution < -0.4 is 5.32 Å². The van der Waals surface area contributed by atoms with Crippen molar-refractivity contribution in [3.05, 3.63) is 63.9 Å². The number of rotatable bonds is 5. The number of imide groups is 1. The van der Waals surface area contributed by atoms with E-state index in [-0.39, 0.29) is 30.7 Å². The molecular weight excluding hydrogens is 374 g/mol. The Bertz CT molecular complexity index is 808. The summed E-state index contributed by atoms with van der Waals surface area (Å²) < 4.78 is 0.734. The van der Waals surface area contributed by atoms with Crippen LogP contribution in [-0.4, -0.2) is 34.2 Å². The average Bonchev–Trinajstić information content (AvgIpc) is 2.82. The van der Waals surface area contributed by atoms with Crippen molar-refractivity contribution in [2.45, 2.75) is 13.0 Å². The molecule has 1 aliphatic heterocycles. The maximum atomic E-state index is 12.3. The number of benzene rings is 1. The van der Waals surface area contributed by atoms with E-state index in [4.69, 9.17) is 0 Å². The molecule has 0 spiro atoms. The number of nitrogens with zero attached hydrogens (tertiary/aromatic N) is 2. The number of carbonyl (C=O) groups excluding carboxylic acids is 3. The molecule has 1 aromatic carbocycles. The predicted molar refractivity (Wildman–Crippen MR) is 90.2 cm³/mol. The van der Waals surface area contributed by atoms with Gasteiger partial charge in [-0.2, -0.15) is 0 Å². The van der Waals surface area contributed by atoms with Crippen molar-refractivity contribution in [2.24, 2.45) is 0 Å². The maximum Gasteiger partial charge on any atom is 0.261 e. The maximum absolute atomic E-state index is 12.3. The number of nitrogens with one attached hydrogen (secondary N) is 1. The van der Waals surface area contributed by atoms with Gasteiger partial charge in [0, 0.05) is 23.6 Å². The van der Waals surface area contributed by atoms with Gasteiger partial charge in [-0.3, -0.25) is 24.3 Å². The van der Waals surface area contributed by atoms with Crippen LogP contribution in [0.15, 0.2) is 47.1 Å². The standard InChI is InChI=1S/C17H14BrN3O3/c18-11-4-5-13-14(9-11)17(24)21(16(13)23)8-6-15(22)20-10-12-3-1-2-7-19-12/h1-5,7,9H,6,8,10H2,(H,20,22). The summed E-state index contributed by atoms with van der Waals surface area (Å²) in [4.78, 5) is 41.7. The molecule has 3 amide bonds. The normalized spacial score (nSPS) is 13.1. The number of pyridine rings is 1. The summed E-state index contributed by atoms with van der Waals surface area (Å²) in [7, 11) is 0. The zero-order valence-corrected chi connectivity index (χ0v) is 14.2. The highest BCUT2D eigenvalue weighted by Gasteiger charge is 2.35. The van der Waals surface area contributed by atoms with Crippen LogP contribution in [-0.2, 0) is 11.3 Å². The molecule has 0 saturated carbocycles. The van der Waals surface area contributed by atoms with Crippen molar-refractivity contribution in [2.75, 3.05) is 6.54 Å². The SMILES string of the molecule is O=C(CCN1C(=O)c2ccc(Br)cc2C1=O)NCc1ccccn1. The van der Waals surface area contributed by atoms with Crippen LogP contribution in [0.5, 0.6) is 0 Å². The average molecular weight is 388 g/mol. The summed E-state index contributed by atoms with van der Waals surface area (Å²) in [6, 6.07) is 10.4. The Balaban J connectivity index is 1.56. The van der Waals surface area contributed by atoms with Gasteiger partial charge in [0.25, 0.3) is 11.8 Å². The second-order valence-electron chi connectivity index (χ2n) is 5.30. The number of halogens is 1. The molecule has 0 radical (unpaired) electrons. The van der Waals surface area contributed by atoms with E-state index < -0.39 is 0 Å². The number of aromatic nitrogens is 1. The second-order valence-corrected chi connectivity index (χ2v) is 6.22. The summed E-state index contributed by atoms with van der Waals surface area (Å²) >= 11 is 3.29. The van der Waals surface area contributed by atoms with Gasteiger partial charge in [0.2, 0.25) is 5.91 Å². The molecule has 7 heteroatoms. The first-order valence-corrected chi connectivity index (χ1v) is 8.18. The first-order valence-electron chi connectivity index (χ1n) is 7.38. The van der Waals surface area contributed by atoms with E-state index in [0.29, 0.717) is 17.7 Å². The minimum Gasteiger partial charge on any atom is -0.350 e. The van der Waals surface area contributed by atoms with Gasteiger partial charge in [0.05, 0.1) is 23.4 Å². The van der Waals surface area contributed by atoms with Crippen LogP contribution in [0.4, 0.5) is 0 Å². The molecular formula is C17H14BrN3O3. The molecule has 0 bridgehead atoms. The van der Waals surface area contributed by atoms with Crippen LogP contribution in [0, 0.1) is 0 Å². The van der Waals surface area contributed by atoms with Gasteiger partial charge in [-0.1, -0.05) is 22.0 Å². The Labute approximate surface area is 147 Å². The predicted octanol–water partition coefficient (Wildman–Crippen LogP) is 2.15. The van der Waals surface area contributed by atoms with Gasteiger partial charge in [0.15, 0.2) is 0 Å². The molecule has 2 aromatic rings. The lowest BCUT2D eigenvalue weighted by atomic mass is 10.1. The minimum atomic E-state index is -0.367. The molecule has 122 valence electrons. The summed E-state index contributed by atoms with van der Waals surface area (Å²) in [6.45, 7) is 0.368. The lowest BCUT2D eigenvalue weighted by Crippen LogP contribution is -2.34. The summed E-state index contributed by atoms with van der Waals surface area (Å²) in [6.07, 6.45) is 1.71. The van der Waals surface area contributed by atoms with Gasteiger partial charge in [-0.05, 0) is 30.3 Å². The molecule has 24 heavy (non-hydrogen) atoms. The van der Waals surface area contributed by atoms with Gasteiger partial charge in [-0.25, -0.2) is 0 Å². The van der Waals surface area contributed by atoms with Crippen LogP contribution in [0.2, 0.25) is 0 Å². The zero-order chi connectivity index (χ0) is 17.1. The van der Waals surface area contributed by atoms with Gasteiger partial charge in [0.1, 0.15) is 0 Å². The van der Waals surface area contributed by atoms with Crippen molar-refractivity contribution in [1.29, 1.82) is 0 Å². The molecule has 2 heterocycles. The number of fused-ring (bicyclic) bond motifs is 1. The monoisotopic (exact) mass is 387 g/mol. The van der Waals surface area contributed by atoms with E-state index in [9.17, 15) is 14.4 Å². The summed E-state index contributed by atoms with van der Waals surface area (Å²) in [5.41, 5.74) is 1.48. The van der Waals surface area contributed by atoms with E-state index in [2.05, 4.69) is 26.2 Å². The molecule has 0 aliphatic carbocycles. The third kappa shape index (κ3) is 3.35. The second kappa shape index (κ2) is 6.92. The van der Waals surface area contributed by atoms with E-state index >= 15 is 0 Å². The fourth-order valence-corrected chi connectivity index (χ4v) is 2.82. The van der Waals surface area contributed by atoms with Crippen LogP contribution in [0.25, 0.3) is 0 Å². The van der Waals surface area contributed by atoms with E-state index in [1.54, 1.807) is 30.5 Å². The lowest BCUT2D eigenvalue weighted by Gasteiger charge is -2.13. The number of amides is 3. The molecule has 3 rings (SSSR count). The first-order chi connectivity index (χ1) is 11.6. The highest BCUT2D eigenvalue weighted by Crippen LogP contribution is 2.26. The molecule has 0 atom stereocenters. The zero-order valence-electron chi connectivity index (χ0n) is 12.7. The minimum absolute atomic E-state index is 0.0536. The number of carbonyl (C=O) groups is 3. The molecule has 6 nitrogen and oxygen atoms in total. The summed E-state index contributed by atoms with van der Waals surface area (Å²) in [5.74, 6) is -0.966. The number of hydrogen-bond acceptors (Lipinski definition) is 4. The molecule has 0 unspecified atom stereocenters. The van der Waals surface area contributed by atoms with Gasteiger partial charge in [-0.15, -0.1) is 0 Å². The van der Waals surface area contributed by atoms with Crippen molar-refractivity contribution in [3.63, 3.8) is 0 Å². The lowest BCUT2D eigenvalue weighted by molar-refractivity contribution is -0.121. The Morgan fingerprint density at radius 2 is 1.92 bits per heavy atom. The van der Waals surface area contributed by atoms with Crippen LogP contribution >= 0.6 is 15.9 Å². The van der Waals surface area contributed by atoms with Gasteiger partial charge >= 0.3 is 0 Å². The molecule has 1 N–H and O–H groups in total. The fourth-order valence-electron chi connectivity index (χ4n) is 2.46. The smallest absolute Gasteiger partial charge is 0.261 e. The molecule has 0 fully saturated rings. The van der Waals surface area contributed by atoms with E-state index in [1.807, 2.05) is 12.1 Å². The molecule has 1 aliphatic rings.